The summed E-state index contributed by atoms with van der Waals surface area (Å²) in [5, 5.41) is 3.73. The van der Waals surface area contributed by atoms with Crippen molar-refractivity contribution in [2.24, 2.45) is 17.6 Å². The highest BCUT2D eigenvalue weighted by molar-refractivity contribution is 5.17. The second-order valence-corrected chi connectivity index (χ2v) is 5.34. The minimum atomic E-state index is 0.251. The zero-order chi connectivity index (χ0) is 11.0. The van der Waals surface area contributed by atoms with Gasteiger partial charge in [-0.1, -0.05) is 30.3 Å². The van der Waals surface area contributed by atoms with Gasteiger partial charge in [-0.2, -0.15) is 0 Å². The Morgan fingerprint density at radius 3 is 2.69 bits per heavy atom. The normalized spacial score (nSPS) is 36.1. The van der Waals surface area contributed by atoms with Gasteiger partial charge in [-0.25, -0.2) is 0 Å². The van der Waals surface area contributed by atoms with Crippen LogP contribution in [0.4, 0.5) is 0 Å². The van der Waals surface area contributed by atoms with Gasteiger partial charge in [-0.3, -0.25) is 0 Å². The van der Waals surface area contributed by atoms with Crippen molar-refractivity contribution in [3.8, 4) is 0 Å². The number of fused-ring (bicyclic) bond motifs is 1. The molecule has 16 heavy (non-hydrogen) atoms. The number of hydrogen-bond donors (Lipinski definition) is 2. The van der Waals surface area contributed by atoms with E-state index in [1.807, 2.05) is 0 Å². The second-order valence-electron chi connectivity index (χ2n) is 5.34. The first-order valence-electron chi connectivity index (χ1n) is 6.33. The molecule has 0 aliphatic heterocycles. The van der Waals surface area contributed by atoms with Crippen LogP contribution in [0.2, 0.25) is 0 Å². The molecule has 0 saturated heterocycles. The maximum Gasteiger partial charge on any atom is 0.0338 e. The molecule has 3 rings (SSSR count). The van der Waals surface area contributed by atoms with Gasteiger partial charge in [0.2, 0.25) is 0 Å². The van der Waals surface area contributed by atoms with Gasteiger partial charge < -0.3 is 11.1 Å². The Kier molecular flexibility index (Phi) is 2.49. The minimum absolute atomic E-state index is 0.251. The Morgan fingerprint density at radius 1 is 1.31 bits per heavy atom. The monoisotopic (exact) mass is 216 g/mol. The average molecular weight is 216 g/mol. The van der Waals surface area contributed by atoms with E-state index in [1.165, 1.54) is 24.8 Å². The molecule has 2 heteroatoms. The van der Waals surface area contributed by atoms with E-state index >= 15 is 0 Å². The lowest BCUT2D eigenvalue weighted by Gasteiger charge is -2.31. The predicted molar refractivity (Wildman–Crippen MR) is 65.9 cm³/mol. The van der Waals surface area contributed by atoms with E-state index in [9.17, 15) is 0 Å². The van der Waals surface area contributed by atoms with Crippen molar-refractivity contribution in [2.45, 2.75) is 31.3 Å². The third kappa shape index (κ3) is 1.66. The fraction of sp³-hybridized carbons (Fsp3) is 0.571. The molecule has 0 amide bonds. The molecule has 2 aliphatic rings. The SMILES string of the molecule is NCC1(NCc2ccccc2)CCC2CC21. The first kappa shape index (κ1) is 10.3. The summed E-state index contributed by atoms with van der Waals surface area (Å²) in [5.74, 6) is 1.84. The molecule has 3 atom stereocenters. The molecule has 2 aliphatic carbocycles. The van der Waals surface area contributed by atoms with Crippen LogP contribution in [0.3, 0.4) is 0 Å². The summed E-state index contributed by atoms with van der Waals surface area (Å²) in [5.41, 5.74) is 7.60. The molecular weight excluding hydrogens is 196 g/mol. The summed E-state index contributed by atoms with van der Waals surface area (Å²) in [6, 6.07) is 10.6. The first-order valence-corrected chi connectivity index (χ1v) is 6.33. The van der Waals surface area contributed by atoms with Crippen molar-refractivity contribution in [2.75, 3.05) is 6.54 Å². The van der Waals surface area contributed by atoms with Gasteiger partial charge in [0.1, 0.15) is 0 Å². The van der Waals surface area contributed by atoms with E-state index in [0.29, 0.717) is 0 Å². The van der Waals surface area contributed by atoms with E-state index in [0.717, 1.165) is 24.9 Å². The second kappa shape index (κ2) is 3.86. The Morgan fingerprint density at radius 2 is 2.12 bits per heavy atom. The maximum absolute atomic E-state index is 5.99. The fourth-order valence-corrected chi connectivity index (χ4v) is 3.29. The molecule has 3 N–H and O–H groups in total. The highest BCUT2D eigenvalue weighted by Gasteiger charge is 2.56. The van der Waals surface area contributed by atoms with Crippen LogP contribution in [0, 0.1) is 11.8 Å². The Bertz CT molecular complexity index is 362. The van der Waals surface area contributed by atoms with Crippen LogP contribution in [0.15, 0.2) is 30.3 Å². The quantitative estimate of drug-likeness (QED) is 0.806. The third-order valence-electron chi connectivity index (χ3n) is 4.45. The molecule has 3 unspecified atom stereocenters. The highest BCUT2D eigenvalue weighted by atomic mass is 15.0. The molecule has 0 bridgehead atoms. The Hall–Kier alpha value is -0.860. The molecule has 0 spiro atoms. The average Bonchev–Trinajstić information content (AvgIpc) is 3.05. The van der Waals surface area contributed by atoms with E-state index in [2.05, 4.69) is 35.6 Å². The zero-order valence-corrected chi connectivity index (χ0v) is 9.65. The molecule has 0 radical (unpaired) electrons. The number of nitrogens with two attached hydrogens (primary N) is 1. The minimum Gasteiger partial charge on any atom is -0.329 e. The van der Waals surface area contributed by atoms with Gasteiger partial charge in [0, 0.05) is 18.6 Å². The topological polar surface area (TPSA) is 38.0 Å². The first-order chi connectivity index (χ1) is 7.84. The van der Waals surface area contributed by atoms with Gasteiger partial charge in [-0.05, 0) is 36.7 Å². The van der Waals surface area contributed by atoms with Gasteiger partial charge in [0.05, 0.1) is 0 Å². The Labute approximate surface area is 97.2 Å². The van der Waals surface area contributed by atoms with Gasteiger partial charge in [0.25, 0.3) is 0 Å². The molecular formula is C14H20N2. The van der Waals surface area contributed by atoms with Crippen molar-refractivity contribution >= 4 is 0 Å². The summed E-state index contributed by atoms with van der Waals surface area (Å²) >= 11 is 0. The molecule has 2 nitrogen and oxygen atoms in total. The lowest BCUT2D eigenvalue weighted by Crippen LogP contribution is -2.51. The summed E-state index contributed by atoms with van der Waals surface area (Å²) in [4.78, 5) is 0. The number of rotatable bonds is 4. The number of benzene rings is 1. The van der Waals surface area contributed by atoms with Crippen LogP contribution >= 0.6 is 0 Å². The smallest absolute Gasteiger partial charge is 0.0338 e. The van der Waals surface area contributed by atoms with Gasteiger partial charge in [-0.15, -0.1) is 0 Å². The maximum atomic E-state index is 5.99. The van der Waals surface area contributed by atoms with Crippen LogP contribution in [0.25, 0.3) is 0 Å². The lowest BCUT2D eigenvalue weighted by molar-refractivity contribution is 0.298. The van der Waals surface area contributed by atoms with E-state index in [1.54, 1.807) is 0 Å². The molecule has 0 aromatic heterocycles. The van der Waals surface area contributed by atoms with Crippen molar-refractivity contribution in [3.63, 3.8) is 0 Å². The molecule has 1 aromatic rings. The molecule has 86 valence electrons. The summed E-state index contributed by atoms with van der Waals surface area (Å²) < 4.78 is 0. The molecule has 1 aromatic carbocycles. The van der Waals surface area contributed by atoms with Crippen molar-refractivity contribution in [1.29, 1.82) is 0 Å². The van der Waals surface area contributed by atoms with E-state index in [4.69, 9.17) is 5.73 Å². The highest BCUT2D eigenvalue weighted by Crippen LogP contribution is 2.57. The van der Waals surface area contributed by atoms with Crippen LogP contribution < -0.4 is 11.1 Å². The largest absolute Gasteiger partial charge is 0.329 e. The third-order valence-corrected chi connectivity index (χ3v) is 4.45. The van der Waals surface area contributed by atoms with Gasteiger partial charge >= 0.3 is 0 Å². The zero-order valence-electron chi connectivity index (χ0n) is 9.65. The summed E-state index contributed by atoms with van der Waals surface area (Å²) in [7, 11) is 0. The van der Waals surface area contributed by atoms with Crippen LogP contribution in [-0.2, 0) is 6.54 Å². The lowest BCUT2D eigenvalue weighted by atomic mass is 9.92. The van der Waals surface area contributed by atoms with Crippen molar-refractivity contribution in [3.05, 3.63) is 35.9 Å². The summed E-state index contributed by atoms with van der Waals surface area (Å²) in [6.45, 7) is 1.75. The molecule has 2 fully saturated rings. The van der Waals surface area contributed by atoms with Gasteiger partial charge in [0.15, 0.2) is 0 Å². The fourth-order valence-electron chi connectivity index (χ4n) is 3.29. The van der Waals surface area contributed by atoms with E-state index in [-0.39, 0.29) is 5.54 Å². The van der Waals surface area contributed by atoms with Crippen molar-refractivity contribution in [1.82, 2.24) is 5.32 Å². The van der Waals surface area contributed by atoms with Crippen LogP contribution in [0.1, 0.15) is 24.8 Å². The van der Waals surface area contributed by atoms with E-state index < -0.39 is 0 Å². The molecule has 2 saturated carbocycles. The standard InChI is InChI=1S/C14H20N2/c15-10-14(7-6-12-8-13(12)14)16-9-11-4-2-1-3-5-11/h1-5,12-13,16H,6-10,15H2. The molecule has 0 heterocycles. The predicted octanol–water partition coefficient (Wildman–Crippen LogP) is 1.90. The summed E-state index contributed by atoms with van der Waals surface area (Å²) in [6.07, 6.45) is 4.05. The van der Waals surface area contributed by atoms with Crippen LogP contribution in [-0.4, -0.2) is 12.1 Å². The van der Waals surface area contributed by atoms with Crippen molar-refractivity contribution < 1.29 is 0 Å². The number of hydrogen-bond acceptors (Lipinski definition) is 2. The number of nitrogens with one attached hydrogen (secondary N) is 1. The Balaban J connectivity index is 1.65. The van der Waals surface area contributed by atoms with Crippen LogP contribution in [0.5, 0.6) is 0 Å².